The van der Waals surface area contributed by atoms with Crippen molar-refractivity contribution in [1.82, 2.24) is 9.78 Å². The van der Waals surface area contributed by atoms with Gasteiger partial charge in [0.1, 0.15) is 0 Å². The van der Waals surface area contributed by atoms with Crippen LogP contribution in [-0.2, 0) is 11.2 Å². The standard InChI is InChI=1S/C20H26ClN3O2/c1-4-5-6-9-16-14(2)23-24(15(16)3)20(26)13-12-19(25)22-18-11-8-7-10-17(18)21/h7-8,10-11H,4-6,9,12-13H2,1-3H3,(H,22,25). The fourth-order valence-electron chi connectivity index (χ4n) is 2.93. The Morgan fingerprint density at radius 2 is 1.88 bits per heavy atom. The molecule has 0 saturated carbocycles. The third-order valence-electron chi connectivity index (χ3n) is 4.42. The van der Waals surface area contributed by atoms with Crippen LogP contribution in [0.2, 0.25) is 5.02 Å². The van der Waals surface area contributed by atoms with Crippen molar-refractivity contribution in [3.63, 3.8) is 0 Å². The average molecular weight is 376 g/mol. The predicted octanol–water partition coefficient (Wildman–Crippen LogP) is 4.95. The third-order valence-corrected chi connectivity index (χ3v) is 4.75. The minimum absolute atomic E-state index is 0.0908. The molecule has 0 atom stereocenters. The first-order valence-electron chi connectivity index (χ1n) is 9.06. The molecule has 26 heavy (non-hydrogen) atoms. The summed E-state index contributed by atoms with van der Waals surface area (Å²) in [4.78, 5) is 24.6. The van der Waals surface area contributed by atoms with E-state index in [1.54, 1.807) is 24.3 Å². The minimum atomic E-state index is -0.240. The number of hydrogen-bond acceptors (Lipinski definition) is 3. The second-order valence-electron chi connectivity index (χ2n) is 6.44. The van der Waals surface area contributed by atoms with Crippen molar-refractivity contribution in [2.45, 2.75) is 59.3 Å². The number of aromatic nitrogens is 2. The smallest absolute Gasteiger partial charge is 0.247 e. The number of nitrogens with zero attached hydrogens (tertiary/aromatic N) is 2. The molecule has 2 rings (SSSR count). The quantitative estimate of drug-likeness (QED) is 0.664. The van der Waals surface area contributed by atoms with E-state index < -0.39 is 0 Å². The average Bonchev–Trinajstić information content (AvgIpc) is 2.90. The molecule has 0 aliphatic carbocycles. The Hall–Kier alpha value is -2.14. The highest BCUT2D eigenvalue weighted by atomic mass is 35.5. The number of amides is 1. The van der Waals surface area contributed by atoms with Crippen LogP contribution >= 0.6 is 11.6 Å². The number of carbonyl (C=O) groups is 2. The molecule has 1 aromatic heterocycles. The summed E-state index contributed by atoms with van der Waals surface area (Å²) in [5, 5.41) is 7.58. The highest BCUT2D eigenvalue weighted by Crippen LogP contribution is 2.21. The van der Waals surface area contributed by atoms with Crippen molar-refractivity contribution in [3.8, 4) is 0 Å². The van der Waals surface area contributed by atoms with Crippen LogP contribution in [0.5, 0.6) is 0 Å². The van der Waals surface area contributed by atoms with Crippen LogP contribution in [0.15, 0.2) is 24.3 Å². The van der Waals surface area contributed by atoms with Gasteiger partial charge in [0.15, 0.2) is 0 Å². The number of unbranched alkanes of at least 4 members (excludes halogenated alkanes) is 2. The maximum atomic E-state index is 12.5. The maximum Gasteiger partial charge on any atom is 0.247 e. The second kappa shape index (κ2) is 9.53. The van der Waals surface area contributed by atoms with E-state index >= 15 is 0 Å². The normalized spacial score (nSPS) is 10.8. The summed E-state index contributed by atoms with van der Waals surface area (Å²) in [6, 6.07) is 7.02. The number of benzene rings is 1. The van der Waals surface area contributed by atoms with E-state index in [1.165, 1.54) is 11.1 Å². The highest BCUT2D eigenvalue weighted by molar-refractivity contribution is 6.33. The molecule has 0 unspecified atom stereocenters. The summed E-state index contributed by atoms with van der Waals surface area (Å²) in [6.07, 6.45) is 4.55. The van der Waals surface area contributed by atoms with E-state index in [2.05, 4.69) is 17.3 Å². The first-order chi connectivity index (χ1) is 12.4. The van der Waals surface area contributed by atoms with Gasteiger partial charge in [0, 0.05) is 18.5 Å². The Morgan fingerprint density at radius 1 is 1.15 bits per heavy atom. The van der Waals surface area contributed by atoms with Crippen molar-refractivity contribution >= 4 is 29.1 Å². The number of aryl methyl sites for hydroxylation is 1. The molecule has 6 heteroatoms. The number of anilines is 1. The van der Waals surface area contributed by atoms with Gasteiger partial charge in [-0.25, -0.2) is 4.68 Å². The molecule has 1 aromatic carbocycles. The second-order valence-corrected chi connectivity index (χ2v) is 6.85. The first kappa shape index (κ1) is 20.2. The van der Waals surface area contributed by atoms with E-state index in [1.807, 2.05) is 13.8 Å². The van der Waals surface area contributed by atoms with Crippen LogP contribution in [0.25, 0.3) is 0 Å². The number of nitrogens with one attached hydrogen (secondary N) is 1. The van der Waals surface area contributed by atoms with Crippen LogP contribution in [0.3, 0.4) is 0 Å². The third kappa shape index (κ3) is 5.18. The van der Waals surface area contributed by atoms with Crippen molar-refractivity contribution in [2.75, 3.05) is 5.32 Å². The molecule has 140 valence electrons. The zero-order valence-corrected chi connectivity index (χ0v) is 16.4. The lowest BCUT2D eigenvalue weighted by Crippen LogP contribution is -2.18. The van der Waals surface area contributed by atoms with Crippen molar-refractivity contribution in [2.24, 2.45) is 0 Å². The van der Waals surface area contributed by atoms with Crippen LogP contribution in [0.1, 0.15) is 60.8 Å². The Bertz CT molecular complexity index is 783. The summed E-state index contributed by atoms with van der Waals surface area (Å²) >= 11 is 6.02. The number of para-hydroxylation sites is 1. The van der Waals surface area contributed by atoms with Gasteiger partial charge in [0.25, 0.3) is 0 Å². The van der Waals surface area contributed by atoms with E-state index in [0.717, 1.165) is 36.2 Å². The molecule has 0 spiro atoms. The Labute approximate surface area is 159 Å². The fraction of sp³-hybridized carbons (Fsp3) is 0.450. The summed E-state index contributed by atoms with van der Waals surface area (Å²) in [6.45, 7) is 6.02. The van der Waals surface area contributed by atoms with Gasteiger partial charge >= 0.3 is 0 Å². The lowest BCUT2D eigenvalue weighted by Gasteiger charge is -2.07. The van der Waals surface area contributed by atoms with E-state index in [0.29, 0.717) is 10.7 Å². The molecule has 2 aromatic rings. The molecule has 1 N–H and O–H groups in total. The number of rotatable bonds is 8. The molecule has 0 radical (unpaired) electrons. The molecule has 1 heterocycles. The molecule has 0 saturated heterocycles. The molecule has 0 bridgehead atoms. The molecule has 1 amide bonds. The van der Waals surface area contributed by atoms with Gasteiger partial charge in [-0.05, 0) is 44.4 Å². The monoisotopic (exact) mass is 375 g/mol. The van der Waals surface area contributed by atoms with E-state index in [-0.39, 0.29) is 24.7 Å². The molecule has 5 nitrogen and oxygen atoms in total. The SMILES string of the molecule is CCCCCc1c(C)nn(C(=O)CCC(=O)Nc2ccccc2Cl)c1C. The number of hydrogen-bond donors (Lipinski definition) is 1. The summed E-state index contributed by atoms with van der Waals surface area (Å²) in [5.41, 5.74) is 3.48. The minimum Gasteiger partial charge on any atom is -0.325 e. The zero-order chi connectivity index (χ0) is 19.1. The van der Waals surface area contributed by atoms with Crippen molar-refractivity contribution in [3.05, 3.63) is 46.2 Å². The lowest BCUT2D eigenvalue weighted by molar-refractivity contribution is -0.116. The van der Waals surface area contributed by atoms with Crippen molar-refractivity contribution in [1.29, 1.82) is 0 Å². The van der Waals surface area contributed by atoms with Gasteiger partial charge in [-0.15, -0.1) is 0 Å². The Morgan fingerprint density at radius 3 is 2.58 bits per heavy atom. The number of halogens is 1. The van der Waals surface area contributed by atoms with Crippen LogP contribution in [-0.4, -0.2) is 21.6 Å². The summed E-state index contributed by atoms with van der Waals surface area (Å²) < 4.78 is 1.44. The van der Waals surface area contributed by atoms with Crippen LogP contribution in [0.4, 0.5) is 5.69 Å². The fourth-order valence-corrected chi connectivity index (χ4v) is 3.12. The van der Waals surface area contributed by atoms with Gasteiger partial charge in [-0.3, -0.25) is 9.59 Å². The summed E-state index contributed by atoms with van der Waals surface area (Å²) in [5.74, 6) is -0.405. The lowest BCUT2D eigenvalue weighted by atomic mass is 10.1. The molecular weight excluding hydrogens is 350 g/mol. The molecule has 0 fully saturated rings. The Balaban J connectivity index is 1.94. The largest absolute Gasteiger partial charge is 0.325 e. The predicted molar refractivity (Wildman–Crippen MR) is 105 cm³/mol. The number of carbonyl (C=O) groups excluding carboxylic acids is 2. The van der Waals surface area contributed by atoms with Gasteiger partial charge in [0.05, 0.1) is 16.4 Å². The van der Waals surface area contributed by atoms with Crippen molar-refractivity contribution < 1.29 is 9.59 Å². The summed E-state index contributed by atoms with van der Waals surface area (Å²) in [7, 11) is 0. The van der Waals surface area contributed by atoms with Gasteiger partial charge in [-0.2, -0.15) is 5.10 Å². The molecule has 0 aliphatic heterocycles. The molecule has 0 aliphatic rings. The van der Waals surface area contributed by atoms with E-state index in [4.69, 9.17) is 11.6 Å². The maximum absolute atomic E-state index is 12.5. The topological polar surface area (TPSA) is 64.0 Å². The Kier molecular flexibility index (Phi) is 7.39. The molecular formula is C20H26ClN3O2. The zero-order valence-electron chi connectivity index (χ0n) is 15.6. The van der Waals surface area contributed by atoms with Gasteiger partial charge in [-0.1, -0.05) is 43.5 Å². The van der Waals surface area contributed by atoms with E-state index in [9.17, 15) is 9.59 Å². The van der Waals surface area contributed by atoms with Crippen LogP contribution in [0, 0.1) is 13.8 Å². The van der Waals surface area contributed by atoms with Gasteiger partial charge in [0.2, 0.25) is 11.8 Å². The highest BCUT2D eigenvalue weighted by Gasteiger charge is 2.17. The van der Waals surface area contributed by atoms with Gasteiger partial charge < -0.3 is 5.32 Å². The van der Waals surface area contributed by atoms with Crippen LogP contribution < -0.4 is 5.32 Å². The first-order valence-corrected chi connectivity index (χ1v) is 9.44.